The summed E-state index contributed by atoms with van der Waals surface area (Å²) in [5.41, 5.74) is 4.75. The van der Waals surface area contributed by atoms with Crippen LogP contribution in [0.1, 0.15) is 21.5 Å². The SMILES string of the molecule is O=C(CNC(=O)c1cccc(Br)c1)N/N=C\c1ccc(OCc2ccccc2)cc1. The molecule has 0 fully saturated rings. The lowest BCUT2D eigenvalue weighted by atomic mass is 10.2. The molecule has 152 valence electrons. The van der Waals surface area contributed by atoms with Gasteiger partial charge in [0.2, 0.25) is 0 Å². The molecule has 0 bridgehead atoms. The van der Waals surface area contributed by atoms with Gasteiger partial charge < -0.3 is 10.1 Å². The lowest BCUT2D eigenvalue weighted by Crippen LogP contribution is -2.34. The molecule has 30 heavy (non-hydrogen) atoms. The van der Waals surface area contributed by atoms with Crippen LogP contribution in [0.4, 0.5) is 0 Å². The maximum atomic E-state index is 12.0. The van der Waals surface area contributed by atoms with E-state index >= 15 is 0 Å². The second-order valence-corrected chi connectivity index (χ2v) is 7.25. The van der Waals surface area contributed by atoms with Crippen molar-refractivity contribution < 1.29 is 14.3 Å². The highest BCUT2D eigenvalue weighted by molar-refractivity contribution is 9.10. The third kappa shape index (κ3) is 6.86. The van der Waals surface area contributed by atoms with Crippen molar-refractivity contribution in [3.05, 3.63) is 100 Å². The van der Waals surface area contributed by atoms with E-state index in [-0.39, 0.29) is 12.5 Å². The summed E-state index contributed by atoms with van der Waals surface area (Å²) in [6.45, 7) is 0.324. The Morgan fingerprint density at radius 2 is 1.73 bits per heavy atom. The van der Waals surface area contributed by atoms with Crippen LogP contribution in [0.25, 0.3) is 0 Å². The minimum atomic E-state index is -0.419. The predicted octanol–water partition coefficient (Wildman–Crippen LogP) is 3.91. The number of nitrogens with one attached hydrogen (secondary N) is 2. The first kappa shape index (κ1) is 21.3. The van der Waals surface area contributed by atoms with Gasteiger partial charge in [0.05, 0.1) is 12.8 Å². The smallest absolute Gasteiger partial charge is 0.259 e. The number of ether oxygens (including phenoxy) is 1. The Morgan fingerprint density at radius 3 is 2.47 bits per heavy atom. The molecular weight excluding hydrogens is 446 g/mol. The topological polar surface area (TPSA) is 79.8 Å². The Kier molecular flexibility index (Phi) is 7.74. The van der Waals surface area contributed by atoms with E-state index in [1.807, 2.05) is 60.7 Å². The minimum Gasteiger partial charge on any atom is -0.489 e. The summed E-state index contributed by atoms with van der Waals surface area (Å²) in [7, 11) is 0. The molecule has 2 N–H and O–H groups in total. The molecule has 0 atom stereocenters. The summed E-state index contributed by atoms with van der Waals surface area (Å²) >= 11 is 3.30. The van der Waals surface area contributed by atoms with E-state index in [1.165, 1.54) is 6.21 Å². The van der Waals surface area contributed by atoms with Crippen molar-refractivity contribution >= 4 is 34.0 Å². The van der Waals surface area contributed by atoms with Gasteiger partial charge in [-0.3, -0.25) is 9.59 Å². The second-order valence-electron chi connectivity index (χ2n) is 6.33. The molecule has 3 rings (SSSR count). The van der Waals surface area contributed by atoms with E-state index < -0.39 is 5.91 Å². The van der Waals surface area contributed by atoms with Crippen LogP contribution in [-0.4, -0.2) is 24.6 Å². The van der Waals surface area contributed by atoms with Gasteiger partial charge >= 0.3 is 0 Å². The summed E-state index contributed by atoms with van der Waals surface area (Å²) in [4.78, 5) is 23.9. The number of benzene rings is 3. The van der Waals surface area contributed by atoms with Crippen molar-refractivity contribution in [1.82, 2.24) is 10.7 Å². The standard InChI is InChI=1S/C23H20BrN3O3/c24-20-8-4-7-19(13-20)23(29)25-15-22(28)27-26-14-17-9-11-21(12-10-17)30-16-18-5-2-1-3-6-18/h1-14H,15-16H2,(H,25,29)(H,27,28)/b26-14-. The fourth-order valence-electron chi connectivity index (χ4n) is 2.50. The van der Waals surface area contributed by atoms with E-state index in [2.05, 4.69) is 31.8 Å². The quantitative estimate of drug-likeness (QED) is 0.390. The fraction of sp³-hybridized carbons (Fsp3) is 0.0870. The number of hydrogen-bond acceptors (Lipinski definition) is 4. The van der Waals surface area contributed by atoms with Gasteiger partial charge in [0.15, 0.2) is 0 Å². The summed E-state index contributed by atoms with van der Waals surface area (Å²) in [5.74, 6) is -0.00534. The minimum absolute atomic E-state index is 0.172. The Hall–Kier alpha value is -3.45. The van der Waals surface area contributed by atoms with Gasteiger partial charge in [-0.2, -0.15) is 5.10 Å². The molecule has 0 aromatic heterocycles. The summed E-state index contributed by atoms with van der Waals surface area (Å²) < 4.78 is 6.52. The largest absolute Gasteiger partial charge is 0.489 e. The van der Waals surface area contributed by atoms with E-state index in [9.17, 15) is 9.59 Å². The van der Waals surface area contributed by atoms with Crippen LogP contribution in [0.2, 0.25) is 0 Å². The summed E-state index contributed by atoms with van der Waals surface area (Å²) in [5, 5.41) is 6.45. The highest BCUT2D eigenvalue weighted by Crippen LogP contribution is 2.13. The number of carbonyl (C=O) groups is 2. The number of rotatable bonds is 8. The van der Waals surface area contributed by atoms with Gasteiger partial charge in [0, 0.05) is 10.0 Å². The lowest BCUT2D eigenvalue weighted by Gasteiger charge is -2.06. The van der Waals surface area contributed by atoms with Crippen molar-refractivity contribution in [1.29, 1.82) is 0 Å². The zero-order valence-corrected chi connectivity index (χ0v) is 17.6. The lowest BCUT2D eigenvalue weighted by molar-refractivity contribution is -0.120. The van der Waals surface area contributed by atoms with Crippen molar-refractivity contribution in [3.8, 4) is 5.75 Å². The van der Waals surface area contributed by atoms with Gasteiger partial charge in [0.25, 0.3) is 11.8 Å². The first-order chi connectivity index (χ1) is 14.6. The summed E-state index contributed by atoms with van der Waals surface area (Å²) in [6.07, 6.45) is 1.52. The van der Waals surface area contributed by atoms with Crippen LogP contribution in [-0.2, 0) is 11.4 Å². The first-order valence-electron chi connectivity index (χ1n) is 9.22. The van der Waals surface area contributed by atoms with Gasteiger partial charge in [-0.05, 0) is 53.6 Å². The number of carbonyl (C=O) groups excluding carboxylic acids is 2. The van der Waals surface area contributed by atoms with Crippen molar-refractivity contribution in [2.75, 3.05) is 6.54 Å². The molecular formula is C23H20BrN3O3. The van der Waals surface area contributed by atoms with Gasteiger partial charge in [-0.1, -0.05) is 52.3 Å². The van der Waals surface area contributed by atoms with Crippen molar-refractivity contribution in [2.45, 2.75) is 6.61 Å². The summed E-state index contributed by atoms with van der Waals surface area (Å²) in [6, 6.07) is 24.2. The van der Waals surface area contributed by atoms with Crippen LogP contribution < -0.4 is 15.5 Å². The maximum absolute atomic E-state index is 12.0. The van der Waals surface area contributed by atoms with Crippen molar-refractivity contribution in [2.24, 2.45) is 5.10 Å². The van der Waals surface area contributed by atoms with Gasteiger partial charge in [-0.15, -0.1) is 0 Å². The van der Waals surface area contributed by atoms with E-state index in [0.717, 1.165) is 21.3 Å². The third-order valence-electron chi connectivity index (χ3n) is 4.03. The van der Waals surface area contributed by atoms with Crippen LogP contribution >= 0.6 is 15.9 Å². The highest BCUT2D eigenvalue weighted by Gasteiger charge is 2.07. The van der Waals surface area contributed by atoms with E-state index in [4.69, 9.17) is 4.74 Å². The Morgan fingerprint density at radius 1 is 0.967 bits per heavy atom. The molecule has 6 nitrogen and oxygen atoms in total. The molecule has 3 aromatic rings. The molecule has 0 aliphatic rings. The zero-order chi connectivity index (χ0) is 21.2. The number of nitrogens with zero attached hydrogens (tertiary/aromatic N) is 1. The second kappa shape index (κ2) is 10.9. The molecule has 0 radical (unpaired) electrons. The average Bonchev–Trinajstić information content (AvgIpc) is 2.77. The molecule has 0 saturated carbocycles. The molecule has 0 heterocycles. The van der Waals surface area contributed by atoms with Crippen LogP contribution in [0.3, 0.4) is 0 Å². The molecule has 0 aliphatic heterocycles. The molecule has 0 saturated heterocycles. The molecule has 7 heteroatoms. The van der Waals surface area contributed by atoms with Gasteiger partial charge in [0.1, 0.15) is 12.4 Å². The van der Waals surface area contributed by atoms with Crippen LogP contribution in [0.5, 0.6) is 5.75 Å². The molecule has 2 amide bonds. The monoisotopic (exact) mass is 465 g/mol. The molecule has 0 aliphatic carbocycles. The maximum Gasteiger partial charge on any atom is 0.259 e. The predicted molar refractivity (Wildman–Crippen MR) is 119 cm³/mol. The Labute approximate surface area is 183 Å². The Bertz CT molecular complexity index is 1020. The number of amides is 2. The highest BCUT2D eigenvalue weighted by atomic mass is 79.9. The number of halogens is 1. The molecule has 3 aromatic carbocycles. The van der Waals surface area contributed by atoms with E-state index in [1.54, 1.807) is 18.2 Å². The number of hydrazone groups is 1. The van der Waals surface area contributed by atoms with Crippen LogP contribution in [0, 0.1) is 0 Å². The first-order valence-corrected chi connectivity index (χ1v) is 10.0. The van der Waals surface area contributed by atoms with Crippen molar-refractivity contribution in [3.63, 3.8) is 0 Å². The fourth-order valence-corrected chi connectivity index (χ4v) is 2.90. The number of hydrogen-bond donors (Lipinski definition) is 2. The average molecular weight is 466 g/mol. The third-order valence-corrected chi connectivity index (χ3v) is 4.52. The normalized spacial score (nSPS) is 10.6. The molecule has 0 unspecified atom stereocenters. The van der Waals surface area contributed by atoms with Crippen LogP contribution in [0.15, 0.2) is 88.4 Å². The Balaban J connectivity index is 1.41. The van der Waals surface area contributed by atoms with E-state index in [0.29, 0.717) is 12.2 Å². The van der Waals surface area contributed by atoms with Gasteiger partial charge in [-0.25, -0.2) is 5.43 Å². The molecule has 0 spiro atoms. The zero-order valence-electron chi connectivity index (χ0n) is 16.0.